The fourth-order valence-electron chi connectivity index (χ4n) is 5.37. The van der Waals surface area contributed by atoms with Crippen molar-refractivity contribution in [3.8, 4) is 0 Å². The smallest absolute Gasteiger partial charge is 0.303 e. The molecule has 0 saturated carbocycles. The highest BCUT2D eigenvalue weighted by Gasteiger charge is 2.62. The molecule has 3 rings (SSSR count). The van der Waals surface area contributed by atoms with E-state index >= 15 is 0 Å². The second kappa shape index (κ2) is 11.9. The Morgan fingerprint density at radius 1 is 0.932 bits per heavy atom. The van der Waals surface area contributed by atoms with Gasteiger partial charge < -0.3 is 22.7 Å². The minimum absolute atomic E-state index is 0.0000106. The number of hydrogen-bond donors (Lipinski definition) is 0. The summed E-state index contributed by atoms with van der Waals surface area (Å²) in [7, 11) is -6.39. The summed E-state index contributed by atoms with van der Waals surface area (Å²) in [6.07, 6.45) is 2.92. The average molecular weight is 665 g/mol. The van der Waals surface area contributed by atoms with Crippen molar-refractivity contribution < 1.29 is 27.5 Å². The molecule has 1 unspecified atom stereocenters. The molecule has 6 nitrogen and oxygen atoms in total. The normalized spacial score (nSPS) is 26.8. The minimum atomic E-state index is -2.27. The highest BCUT2D eigenvalue weighted by atomic mass is 28.4. The standard InChI is InChI=1S/C35H64O6Si3/c1-23-28-26(41-44(17,18)34(9,10)11)21-25(22-37-43(15,16)33(6,7)8)19-20-27-35(12,40-27)30(38-24(2)36)29(28)39-31(23)42(13,14)32(3,4)5/h21,26-27,30H,19-20,22H2,1-18H3/b25-21+/t26-,27-,30?,35-/m1/s1. The number of fused-ring (bicyclic) bond motifs is 2. The molecule has 252 valence electrons. The minimum Gasteiger partial charge on any atom is -0.466 e. The summed E-state index contributed by atoms with van der Waals surface area (Å²) in [4.78, 5) is 12.6. The molecule has 0 aromatic carbocycles. The zero-order chi connectivity index (χ0) is 34.1. The molecule has 4 atom stereocenters. The third kappa shape index (κ3) is 7.28. The van der Waals surface area contributed by atoms with Crippen LogP contribution in [0.4, 0.5) is 0 Å². The van der Waals surface area contributed by atoms with Crippen LogP contribution in [0.3, 0.4) is 0 Å². The Hall–Kier alpha value is -0.979. The van der Waals surface area contributed by atoms with Gasteiger partial charge >= 0.3 is 5.97 Å². The van der Waals surface area contributed by atoms with Crippen molar-refractivity contribution >= 4 is 36.1 Å². The van der Waals surface area contributed by atoms with Gasteiger partial charge in [-0.3, -0.25) is 4.79 Å². The highest BCUT2D eigenvalue weighted by molar-refractivity contribution is 6.91. The summed E-state index contributed by atoms with van der Waals surface area (Å²) in [5.74, 6) is 0.353. The Bertz CT molecular complexity index is 1250. The van der Waals surface area contributed by atoms with Crippen LogP contribution in [0, 0.1) is 6.92 Å². The van der Waals surface area contributed by atoms with Gasteiger partial charge in [-0.25, -0.2) is 0 Å². The molecule has 1 saturated heterocycles. The molecule has 0 radical (unpaired) electrons. The Morgan fingerprint density at radius 3 is 1.95 bits per heavy atom. The van der Waals surface area contributed by atoms with E-state index in [1.807, 2.05) is 0 Å². The summed E-state index contributed by atoms with van der Waals surface area (Å²) in [6.45, 7) is 40.9. The largest absolute Gasteiger partial charge is 0.466 e. The highest BCUT2D eigenvalue weighted by Crippen LogP contribution is 2.54. The van der Waals surface area contributed by atoms with E-state index in [9.17, 15) is 4.79 Å². The van der Waals surface area contributed by atoms with Gasteiger partial charge in [-0.15, -0.1) is 0 Å². The molecular formula is C35H64O6Si3. The molecular weight excluding hydrogens is 601 g/mol. The topological polar surface area (TPSA) is 70.4 Å². The Kier molecular flexibility index (Phi) is 10.2. The van der Waals surface area contributed by atoms with Gasteiger partial charge in [0.25, 0.3) is 0 Å². The van der Waals surface area contributed by atoms with Gasteiger partial charge in [-0.05, 0) is 79.1 Å². The molecule has 1 aliphatic heterocycles. The SMILES string of the molecule is CC(=O)OC1c2oc([Si](C)(C)C(C)(C)C)c(C)c2[C@H](O[Si](C)(C)C(C)(C)C)/C=C(/CO[Si](C)(C)C(C)(C)C)CC[C@H]2O[C@@]12C. The maximum Gasteiger partial charge on any atom is 0.303 e. The van der Waals surface area contributed by atoms with Crippen molar-refractivity contribution in [3.05, 3.63) is 28.5 Å². The van der Waals surface area contributed by atoms with Gasteiger partial charge in [-0.1, -0.05) is 81.5 Å². The maximum absolute atomic E-state index is 12.6. The molecule has 44 heavy (non-hydrogen) atoms. The lowest BCUT2D eigenvalue weighted by atomic mass is 9.89. The first-order chi connectivity index (χ1) is 19.6. The van der Waals surface area contributed by atoms with Crippen molar-refractivity contribution in [1.82, 2.24) is 0 Å². The summed E-state index contributed by atoms with van der Waals surface area (Å²) in [5.41, 5.74) is 2.69. The van der Waals surface area contributed by atoms with Crippen LogP contribution in [0.2, 0.25) is 54.4 Å². The van der Waals surface area contributed by atoms with Gasteiger partial charge in [0.05, 0.1) is 24.2 Å². The zero-order valence-corrected chi connectivity index (χ0v) is 34.4. The van der Waals surface area contributed by atoms with Gasteiger partial charge in [-0.2, -0.15) is 0 Å². The van der Waals surface area contributed by atoms with Crippen molar-refractivity contribution in [3.63, 3.8) is 0 Å². The summed E-state index contributed by atoms with van der Waals surface area (Å²) in [6, 6.07) is 0. The van der Waals surface area contributed by atoms with E-state index in [0.29, 0.717) is 12.4 Å². The maximum atomic E-state index is 12.6. The molecule has 1 fully saturated rings. The van der Waals surface area contributed by atoms with Crippen molar-refractivity contribution in [2.24, 2.45) is 0 Å². The predicted molar refractivity (Wildman–Crippen MR) is 190 cm³/mol. The van der Waals surface area contributed by atoms with E-state index in [2.05, 4.69) is 122 Å². The van der Waals surface area contributed by atoms with E-state index in [-0.39, 0.29) is 33.3 Å². The second-order valence-corrected chi connectivity index (χ2v) is 33.0. The molecule has 1 aromatic rings. The third-order valence-electron chi connectivity index (χ3n) is 11.7. The molecule has 0 amide bonds. The van der Waals surface area contributed by atoms with Crippen molar-refractivity contribution in [2.75, 3.05) is 6.61 Å². The predicted octanol–water partition coefficient (Wildman–Crippen LogP) is 9.87. The molecule has 1 aliphatic carbocycles. The fourth-order valence-corrected chi connectivity index (χ4v) is 9.65. The first-order valence-electron chi connectivity index (χ1n) is 16.6. The van der Waals surface area contributed by atoms with Crippen molar-refractivity contribution in [1.29, 1.82) is 0 Å². The van der Waals surface area contributed by atoms with Crippen LogP contribution in [0.5, 0.6) is 0 Å². The van der Waals surface area contributed by atoms with Gasteiger partial charge in [0.1, 0.15) is 13.7 Å². The van der Waals surface area contributed by atoms with E-state index < -0.39 is 36.4 Å². The van der Waals surface area contributed by atoms with Crippen LogP contribution in [-0.4, -0.2) is 49.0 Å². The number of hydrogen-bond acceptors (Lipinski definition) is 6. The number of rotatable bonds is 7. The molecule has 1 aromatic heterocycles. The molecule has 2 aliphatic rings. The van der Waals surface area contributed by atoms with Crippen LogP contribution in [0.25, 0.3) is 0 Å². The van der Waals surface area contributed by atoms with Crippen LogP contribution in [-0.2, 0) is 23.1 Å². The third-order valence-corrected chi connectivity index (χ3v) is 26.0. The molecule has 9 heteroatoms. The molecule has 0 bridgehead atoms. The Labute approximate surface area is 272 Å². The Balaban J connectivity index is 2.35. The molecule has 0 spiro atoms. The van der Waals surface area contributed by atoms with Crippen LogP contribution < -0.4 is 5.38 Å². The lowest BCUT2D eigenvalue weighted by molar-refractivity contribution is -0.151. The van der Waals surface area contributed by atoms with Crippen LogP contribution in [0.15, 0.2) is 16.1 Å². The van der Waals surface area contributed by atoms with Gasteiger partial charge in [0, 0.05) is 12.5 Å². The Morgan fingerprint density at radius 2 is 1.48 bits per heavy atom. The monoisotopic (exact) mass is 664 g/mol. The first kappa shape index (κ1) is 37.5. The molecule has 0 N–H and O–H groups in total. The summed E-state index contributed by atoms with van der Waals surface area (Å²) in [5, 5.41) is 1.21. The van der Waals surface area contributed by atoms with E-state index in [0.717, 1.165) is 29.4 Å². The lowest BCUT2D eigenvalue weighted by Gasteiger charge is -2.40. The second-order valence-electron chi connectivity index (χ2n) is 18.2. The molecule has 2 heterocycles. The lowest BCUT2D eigenvalue weighted by Crippen LogP contribution is -2.50. The quantitative estimate of drug-likeness (QED) is 0.125. The zero-order valence-electron chi connectivity index (χ0n) is 31.4. The van der Waals surface area contributed by atoms with Gasteiger partial charge in [0.15, 0.2) is 28.5 Å². The van der Waals surface area contributed by atoms with Crippen LogP contribution in [0.1, 0.15) is 118 Å². The number of furan rings is 1. The average Bonchev–Trinajstić information content (AvgIpc) is 3.35. The van der Waals surface area contributed by atoms with E-state index in [1.165, 1.54) is 12.5 Å². The number of esters is 1. The van der Waals surface area contributed by atoms with E-state index in [4.69, 9.17) is 22.7 Å². The van der Waals surface area contributed by atoms with Crippen molar-refractivity contribution in [2.45, 2.75) is 174 Å². The first-order valence-corrected chi connectivity index (χ1v) is 25.4. The number of epoxide rings is 1. The summed E-state index contributed by atoms with van der Waals surface area (Å²) >= 11 is 0. The number of carbonyl (C=O) groups is 1. The fraction of sp³-hybridized carbons (Fsp3) is 0.800. The number of ether oxygens (including phenoxy) is 2. The van der Waals surface area contributed by atoms with Gasteiger partial charge in [0.2, 0.25) is 0 Å². The van der Waals surface area contributed by atoms with Crippen LogP contribution >= 0.6 is 0 Å². The summed E-state index contributed by atoms with van der Waals surface area (Å²) < 4.78 is 33.8. The van der Waals surface area contributed by atoms with E-state index in [1.54, 1.807) is 0 Å². The number of carbonyl (C=O) groups excluding carboxylic acids is 1.